The van der Waals surface area contributed by atoms with Gasteiger partial charge in [-0.3, -0.25) is 0 Å². The smallest absolute Gasteiger partial charge is 0.233 e. The summed E-state index contributed by atoms with van der Waals surface area (Å²) in [6.45, 7) is 0. The zero-order chi connectivity index (χ0) is 17.8. The van der Waals surface area contributed by atoms with Crippen molar-refractivity contribution >= 4 is 26.5 Å². The molecule has 0 amide bonds. The van der Waals surface area contributed by atoms with Crippen LogP contribution in [0.2, 0.25) is 0 Å². The molecule has 0 unspecified atom stereocenters. The minimum atomic E-state index is -0.295. The molecule has 0 saturated carbocycles. The Bertz CT molecular complexity index is 881. The summed E-state index contributed by atoms with van der Waals surface area (Å²) in [6.07, 6.45) is 3.45. The van der Waals surface area contributed by atoms with Crippen molar-refractivity contribution in [2.24, 2.45) is 0 Å². The molecule has 0 radical (unpaired) electrons. The average molecular weight is 404 g/mol. The summed E-state index contributed by atoms with van der Waals surface area (Å²) in [5.41, 5.74) is 1.62. The van der Waals surface area contributed by atoms with E-state index in [2.05, 4.69) is 20.9 Å². The Morgan fingerprint density at radius 3 is 2.32 bits per heavy atom. The Kier molecular flexibility index (Phi) is 5.19. The van der Waals surface area contributed by atoms with Gasteiger partial charge in [-0.1, -0.05) is 0 Å². The van der Waals surface area contributed by atoms with Crippen LogP contribution < -0.4 is 9.47 Å². The monoisotopic (exact) mass is 403 g/mol. The fourth-order valence-electron chi connectivity index (χ4n) is 2.25. The second-order valence-corrected chi connectivity index (χ2v) is 6.03. The summed E-state index contributed by atoms with van der Waals surface area (Å²) < 4.78 is 30.0. The highest BCUT2D eigenvalue weighted by atomic mass is 79.9. The molecule has 0 fully saturated rings. The SMILES string of the molecule is COc1cc(/C=C(\Br)c2ncc(-c3ccc(F)cc3)o2)cc(OC)c1. The maximum Gasteiger partial charge on any atom is 0.233 e. The molecule has 6 heteroatoms. The van der Waals surface area contributed by atoms with Gasteiger partial charge in [-0.25, -0.2) is 9.37 Å². The van der Waals surface area contributed by atoms with E-state index in [4.69, 9.17) is 13.9 Å². The zero-order valence-electron chi connectivity index (χ0n) is 13.6. The van der Waals surface area contributed by atoms with Gasteiger partial charge in [-0.15, -0.1) is 0 Å². The van der Waals surface area contributed by atoms with Gasteiger partial charge in [0.15, 0.2) is 5.76 Å². The molecule has 0 aliphatic heterocycles. The van der Waals surface area contributed by atoms with Gasteiger partial charge >= 0.3 is 0 Å². The predicted molar refractivity (Wildman–Crippen MR) is 98.2 cm³/mol. The quantitative estimate of drug-likeness (QED) is 0.572. The number of hydrogen-bond acceptors (Lipinski definition) is 4. The summed E-state index contributed by atoms with van der Waals surface area (Å²) in [5.74, 6) is 2.05. The van der Waals surface area contributed by atoms with Gasteiger partial charge in [0.25, 0.3) is 0 Å². The maximum atomic E-state index is 13.0. The number of methoxy groups -OCH3 is 2. The van der Waals surface area contributed by atoms with Gasteiger partial charge < -0.3 is 13.9 Å². The summed E-state index contributed by atoms with van der Waals surface area (Å²) in [4.78, 5) is 4.26. The lowest BCUT2D eigenvalue weighted by Gasteiger charge is -2.06. The van der Waals surface area contributed by atoms with Gasteiger partial charge in [0.1, 0.15) is 17.3 Å². The van der Waals surface area contributed by atoms with Crippen molar-refractivity contribution in [3.8, 4) is 22.8 Å². The summed E-state index contributed by atoms with van der Waals surface area (Å²) in [6, 6.07) is 11.6. The summed E-state index contributed by atoms with van der Waals surface area (Å²) in [7, 11) is 3.20. The minimum absolute atomic E-state index is 0.295. The van der Waals surface area contributed by atoms with Gasteiger partial charge in [-0.2, -0.15) is 0 Å². The van der Waals surface area contributed by atoms with Gasteiger partial charge in [0.05, 0.1) is 24.9 Å². The van der Waals surface area contributed by atoms with E-state index in [0.717, 1.165) is 11.1 Å². The number of rotatable bonds is 5. The molecule has 0 aliphatic rings. The van der Waals surface area contributed by atoms with Crippen molar-refractivity contribution in [2.45, 2.75) is 0 Å². The van der Waals surface area contributed by atoms with Gasteiger partial charge in [0.2, 0.25) is 5.89 Å². The van der Waals surface area contributed by atoms with Crippen LogP contribution in [0.3, 0.4) is 0 Å². The molecule has 3 rings (SSSR count). The van der Waals surface area contributed by atoms with Crippen molar-refractivity contribution in [1.29, 1.82) is 0 Å². The highest BCUT2D eigenvalue weighted by Gasteiger charge is 2.10. The molecule has 0 saturated heterocycles. The van der Waals surface area contributed by atoms with E-state index in [1.807, 2.05) is 18.2 Å². The van der Waals surface area contributed by atoms with Crippen molar-refractivity contribution in [1.82, 2.24) is 4.98 Å². The summed E-state index contributed by atoms with van der Waals surface area (Å²) in [5, 5.41) is 0. The van der Waals surface area contributed by atoms with Crippen LogP contribution in [0.5, 0.6) is 11.5 Å². The Morgan fingerprint density at radius 2 is 1.72 bits per heavy atom. The highest BCUT2D eigenvalue weighted by Crippen LogP contribution is 2.30. The molecule has 0 aliphatic carbocycles. The Hall–Kier alpha value is -2.60. The van der Waals surface area contributed by atoms with Crippen LogP contribution in [0, 0.1) is 5.82 Å². The Balaban J connectivity index is 1.89. The first-order valence-corrected chi connectivity index (χ1v) is 8.21. The standard InChI is InChI=1S/C19H15BrFNO3/c1-23-15-7-12(8-16(10-15)24-2)9-17(20)19-22-11-18(25-19)13-3-5-14(21)6-4-13/h3-11H,1-2H3/b17-9-. The first-order valence-electron chi connectivity index (χ1n) is 7.41. The molecular weight excluding hydrogens is 389 g/mol. The maximum absolute atomic E-state index is 13.0. The second-order valence-electron chi connectivity index (χ2n) is 5.17. The number of oxazole rings is 1. The van der Waals surface area contributed by atoms with E-state index in [-0.39, 0.29) is 5.82 Å². The lowest BCUT2D eigenvalue weighted by Crippen LogP contribution is -1.88. The van der Waals surface area contributed by atoms with Crippen LogP contribution >= 0.6 is 15.9 Å². The average Bonchev–Trinajstić information content (AvgIpc) is 3.12. The Morgan fingerprint density at radius 1 is 1.08 bits per heavy atom. The lowest BCUT2D eigenvalue weighted by molar-refractivity contribution is 0.394. The van der Waals surface area contributed by atoms with E-state index >= 15 is 0 Å². The number of nitrogens with zero attached hydrogens (tertiary/aromatic N) is 1. The van der Waals surface area contributed by atoms with E-state index < -0.39 is 0 Å². The highest BCUT2D eigenvalue weighted by molar-refractivity contribution is 9.15. The molecule has 3 aromatic rings. The van der Waals surface area contributed by atoms with E-state index in [0.29, 0.717) is 27.6 Å². The first kappa shape index (κ1) is 17.2. The second kappa shape index (κ2) is 7.53. The van der Waals surface area contributed by atoms with Crippen molar-refractivity contribution in [2.75, 3.05) is 14.2 Å². The van der Waals surface area contributed by atoms with Crippen LogP contribution in [-0.4, -0.2) is 19.2 Å². The number of benzene rings is 2. The van der Waals surface area contributed by atoms with Gasteiger partial charge in [-0.05, 0) is 64.0 Å². The third kappa shape index (κ3) is 4.09. The molecule has 4 nitrogen and oxygen atoms in total. The molecule has 2 aromatic carbocycles. The molecule has 128 valence electrons. The molecule has 1 aromatic heterocycles. The van der Waals surface area contributed by atoms with E-state index in [1.165, 1.54) is 12.1 Å². The summed E-state index contributed by atoms with van der Waals surface area (Å²) >= 11 is 3.48. The Labute approximate surface area is 153 Å². The largest absolute Gasteiger partial charge is 0.497 e. The fraction of sp³-hybridized carbons (Fsp3) is 0.105. The topological polar surface area (TPSA) is 44.5 Å². The molecule has 0 bridgehead atoms. The van der Waals surface area contributed by atoms with Crippen molar-refractivity contribution in [3.63, 3.8) is 0 Å². The fourth-order valence-corrected chi connectivity index (χ4v) is 2.70. The molecule has 0 spiro atoms. The van der Waals surface area contributed by atoms with Crippen molar-refractivity contribution < 1.29 is 18.3 Å². The normalized spacial score (nSPS) is 11.4. The zero-order valence-corrected chi connectivity index (χ0v) is 15.2. The first-order chi connectivity index (χ1) is 12.1. The van der Waals surface area contributed by atoms with E-state index in [9.17, 15) is 4.39 Å². The number of ether oxygens (including phenoxy) is 2. The van der Waals surface area contributed by atoms with Crippen LogP contribution in [0.4, 0.5) is 4.39 Å². The van der Waals surface area contributed by atoms with E-state index in [1.54, 1.807) is 38.6 Å². The number of hydrogen-bond donors (Lipinski definition) is 0. The minimum Gasteiger partial charge on any atom is -0.497 e. The third-order valence-electron chi connectivity index (χ3n) is 3.51. The van der Waals surface area contributed by atoms with Crippen LogP contribution in [0.1, 0.15) is 11.5 Å². The third-order valence-corrected chi connectivity index (χ3v) is 4.07. The molecule has 1 heterocycles. The number of aromatic nitrogens is 1. The predicted octanol–water partition coefficient (Wildman–Crippen LogP) is 5.39. The number of halogens is 2. The van der Waals surface area contributed by atoms with Crippen molar-refractivity contribution in [3.05, 3.63) is 65.9 Å². The van der Waals surface area contributed by atoms with Crippen LogP contribution in [0.15, 0.2) is 53.1 Å². The lowest BCUT2D eigenvalue weighted by atomic mass is 10.2. The molecule has 0 N–H and O–H groups in total. The molecule has 0 atom stereocenters. The van der Waals surface area contributed by atoms with Gasteiger partial charge in [0, 0.05) is 11.6 Å². The molecule has 25 heavy (non-hydrogen) atoms. The van der Waals surface area contributed by atoms with Crippen LogP contribution in [-0.2, 0) is 0 Å². The molecular formula is C19H15BrFNO3. The van der Waals surface area contributed by atoms with Crippen LogP contribution in [0.25, 0.3) is 21.9 Å².